The quantitative estimate of drug-likeness (QED) is 0.707. The lowest BCUT2D eigenvalue weighted by Gasteiger charge is -2.18. The van der Waals surface area contributed by atoms with Gasteiger partial charge in [0, 0.05) is 18.9 Å². The highest BCUT2D eigenvalue weighted by atomic mass is 16.7. The van der Waals surface area contributed by atoms with E-state index in [2.05, 4.69) is 10.8 Å². The van der Waals surface area contributed by atoms with Crippen LogP contribution < -0.4 is 10.8 Å². The number of hydrogen-bond donors (Lipinski definition) is 2. The molecule has 1 saturated carbocycles. The van der Waals surface area contributed by atoms with Crippen LogP contribution in [0.4, 0.5) is 0 Å². The molecule has 17 heavy (non-hydrogen) atoms. The number of nitrogens with one attached hydrogen (secondary N) is 2. The van der Waals surface area contributed by atoms with Crippen molar-refractivity contribution in [2.75, 3.05) is 6.54 Å². The third-order valence-electron chi connectivity index (χ3n) is 2.57. The molecule has 2 unspecified atom stereocenters. The summed E-state index contributed by atoms with van der Waals surface area (Å²) in [6.07, 6.45) is 1.20. The Labute approximate surface area is 102 Å². The van der Waals surface area contributed by atoms with Gasteiger partial charge >= 0.3 is 0 Å². The Kier molecular flexibility index (Phi) is 4.51. The van der Waals surface area contributed by atoms with Crippen molar-refractivity contribution in [1.29, 1.82) is 0 Å². The fraction of sp³-hybridized carbons (Fsp3) is 0.833. The van der Waals surface area contributed by atoms with Crippen LogP contribution in [0.3, 0.4) is 0 Å². The molecule has 1 aliphatic rings. The second-order valence-corrected chi connectivity index (χ2v) is 5.60. The van der Waals surface area contributed by atoms with E-state index >= 15 is 0 Å². The van der Waals surface area contributed by atoms with E-state index in [1.807, 2.05) is 27.7 Å². The fourth-order valence-corrected chi connectivity index (χ4v) is 1.38. The molecule has 0 spiro atoms. The Morgan fingerprint density at radius 1 is 1.35 bits per heavy atom. The maximum Gasteiger partial charge on any atom is 0.245 e. The maximum atomic E-state index is 11.4. The molecule has 2 amide bonds. The van der Waals surface area contributed by atoms with Crippen LogP contribution >= 0.6 is 0 Å². The van der Waals surface area contributed by atoms with Crippen LogP contribution in [0.25, 0.3) is 0 Å². The molecule has 2 N–H and O–H groups in total. The minimum atomic E-state index is -0.400. The van der Waals surface area contributed by atoms with Crippen molar-refractivity contribution in [2.24, 2.45) is 11.8 Å². The minimum Gasteiger partial charge on any atom is -0.355 e. The van der Waals surface area contributed by atoms with Crippen molar-refractivity contribution < 1.29 is 14.4 Å². The Morgan fingerprint density at radius 2 is 1.94 bits per heavy atom. The summed E-state index contributed by atoms with van der Waals surface area (Å²) in [5.74, 6) is 0.489. The van der Waals surface area contributed by atoms with Gasteiger partial charge in [-0.25, -0.2) is 5.48 Å². The zero-order valence-corrected chi connectivity index (χ0v) is 11.0. The number of carbonyl (C=O) groups is 2. The predicted molar refractivity (Wildman–Crippen MR) is 63.9 cm³/mol. The molecule has 0 aromatic carbocycles. The van der Waals surface area contributed by atoms with E-state index in [-0.39, 0.29) is 24.2 Å². The first kappa shape index (κ1) is 14.0. The molecule has 0 saturated heterocycles. The normalized spacial score (nSPS) is 23.1. The van der Waals surface area contributed by atoms with Gasteiger partial charge in [-0.2, -0.15) is 0 Å². The molecular formula is C12H22N2O3. The van der Waals surface area contributed by atoms with E-state index in [0.29, 0.717) is 12.5 Å². The summed E-state index contributed by atoms with van der Waals surface area (Å²) in [5, 5.41) is 2.75. The standard InChI is InChI=1S/C12H22N2O3/c1-8-7-9(8)11(16)13-6-5-10(15)14-17-12(2,3)4/h8-9H,5-7H2,1-4H3,(H,13,16)(H,14,15). The van der Waals surface area contributed by atoms with Gasteiger partial charge in [0.15, 0.2) is 0 Å². The molecule has 0 aromatic rings. The second kappa shape index (κ2) is 5.49. The zero-order chi connectivity index (χ0) is 13.1. The predicted octanol–water partition coefficient (Wildman–Crippen LogP) is 0.995. The number of amides is 2. The van der Waals surface area contributed by atoms with Crippen molar-refractivity contribution in [1.82, 2.24) is 10.8 Å². The average molecular weight is 242 g/mol. The summed E-state index contributed by atoms with van der Waals surface area (Å²) in [5.41, 5.74) is 1.96. The van der Waals surface area contributed by atoms with Crippen molar-refractivity contribution in [3.05, 3.63) is 0 Å². The molecule has 5 nitrogen and oxygen atoms in total. The lowest BCUT2D eigenvalue weighted by Crippen LogP contribution is -2.36. The van der Waals surface area contributed by atoms with Crippen molar-refractivity contribution in [3.63, 3.8) is 0 Å². The summed E-state index contributed by atoms with van der Waals surface area (Å²) in [7, 11) is 0. The first-order valence-electron chi connectivity index (χ1n) is 6.04. The van der Waals surface area contributed by atoms with Crippen molar-refractivity contribution in [2.45, 2.75) is 46.1 Å². The summed E-state index contributed by atoms with van der Waals surface area (Å²) >= 11 is 0. The molecule has 5 heteroatoms. The number of hydrogen-bond acceptors (Lipinski definition) is 3. The van der Waals surface area contributed by atoms with Gasteiger partial charge in [0.25, 0.3) is 0 Å². The Morgan fingerprint density at radius 3 is 2.41 bits per heavy atom. The molecule has 98 valence electrons. The van der Waals surface area contributed by atoms with Gasteiger partial charge in [-0.05, 0) is 33.1 Å². The van der Waals surface area contributed by atoms with Crippen LogP contribution in [0.1, 0.15) is 40.5 Å². The van der Waals surface area contributed by atoms with Gasteiger partial charge in [-0.3, -0.25) is 14.4 Å². The SMILES string of the molecule is CC1CC1C(=O)NCCC(=O)NOC(C)(C)C. The van der Waals surface area contributed by atoms with Crippen LogP contribution in [-0.2, 0) is 14.4 Å². The average Bonchev–Trinajstić information content (AvgIpc) is 2.91. The maximum absolute atomic E-state index is 11.4. The largest absolute Gasteiger partial charge is 0.355 e. The Bertz CT molecular complexity index is 297. The molecule has 2 atom stereocenters. The monoisotopic (exact) mass is 242 g/mol. The smallest absolute Gasteiger partial charge is 0.245 e. The van der Waals surface area contributed by atoms with Gasteiger partial charge in [0.1, 0.15) is 0 Å². The molecule has 0 heterocycles. The number of hydroxylamine groups is 1. The zero-order valence-electron chi connectivity index (χ0n) is 11.0. The van der Waals surface area contributed by atoms with E-state index in [9.17, 15) is 9.59 Å². The lowest BCUT2D eigenvalue weighted by atomic mass is 10.2. The van der Waals surface area contributed by atoms with E-state index < -0.39 is 5.60 Å². The highest BCUT2D eigenvalue weighted by Crippen LogP contribution is 2.37. The van der Waals surface area contributed by atoms with Crippen molar-refractivity contribution in [3.8, 4) is 0 Å². The molecule has 0 aromatic heterocycles. The van der Waals surface area contributed by atoms with E-state index in [0.717, 1.165) is 6.42 Å². The molecule has 0 aliphatic heterocycles. The summed E-state index contributed by atoms with van der Waals surface area (Å²) in [6.45, 7) is 7.96. The molecule has 1 aliphatic carbocycles. The van der Waals surface area contributed by atoms with Crippen LogP contribution in [0.15, 0.2) is 0 Å². The highest BCUT2D eigenvalue weighted by Gasteiger charge is 2.38. The van der Waals surface area contributed by atoms with Crippen LogP contribution in [0.5, 0.6) is 0 Å². The van der Waals surface area contributed by atoms with Crippen LogP contribution in [-0.4, -0.2) is 24.0 Å². The van der Waals surface area contributed by atoms with Gasteiger partial charge in [-0.1, -0.05) is 6.92 Å². The number of carbonyl (C=O) groups excluding carboxylic acids is 2. The second-order valence-electron chi connectivity index (χ2n) is 5.60. The molecule has 0 radical (unpaired) electrons. The van der Waals surface area contributed by atoms with Crippen LogP contribution in [0.2, 0.25) is 0 Å². The van der Waals surface area contributed by atoms with E-state index in [4.69, 9.17) is 4.84 Å². The van der Waals surface area contributed by atoms with Gasteiger partial charge in [-0.15, -0.1) is 0 Å². The van der Waals surface area contributed by atoms with Gasteiger partial charge in [0.05, 0.1) is 5.60 Å². The molecule has 0 bridgehead atoms. The lowest BCUT2D eigenvalue weighted by molar-refractivity contribution is -0.145. The first-order valence-corrected chi connectivity index (χ1v) is 6.04. The van der Waals surface area contributed by atoms with Gasteiger partial charge < -0.3 is 5.32 Å². The number of rotatable bonds is 5. The Balaban J connectivity index is 2.06. The van der Waals surface area contributed by atoms with E-state index in [1.165, 1.54) is 0 Å². The Hall–Kier alpha value is -1.10. The fourth-order valence-electron chi connectivity index (χ4n) is 1.38. The molecule has 1 fully saturated rings. The topological polar surface area (TPSA) is 67.4 Å². The minimum absolute atomic E-state index is 0.0574. The van der Waals surface area contributed by atoms with Gasteiger partial charge in [0.2, 0.25) is 11.8 Å². The summed E-state index contributed by atoms with van der Waals surface area (Å²) < 4.78 is 0. The summed E-state index contributed by atoms with van der Waals surface area (Å²) in [6, 6.07) is 0. The van der Waals surface area contributed by atoms with Crippen LogP contribution in [0, 0.1) is 11.8 Å². The highest BCUT2D eigenvalue weighted by molar-refractivity contribution is 5.82. The molecule has 1 rings (SSSR count). The third-order valence-corrected chi connectivity index (χ3v) is 2.57. The first-order chi connectivity index (χ1) is 7.79. The summed E-state index contributed by atoms with van der Waals surface area (Å²) in [4.78, 5) is 27.9. The third kappa shape index (κ3) is 5.68. The van der Waals surface area contributed by atoms with Crippen molar-refractivity contribution >= 4 is 11.8 Å². The van der Waals surface area contributed by atoms with E-state index in [1.54, 1.807) is 0 Å². The molecular weight excluding hydrogens is 220 g/mol.